The lowest BCUT2D eigenvalue weighted by atomic mass is 9.51. The highest BCUT2D eigenvalue weighted by Gasteiger charge is 2.59. The monoisotopic (exact) mass is 310 g/mol. The second-order valence-electron chi connectivity index (χ2n) is 7.39. The van der Waals surface area contributed by atoms with Gasteiger partial charge in [-0.3, -0.25) is 0 Å². The molecule has 0 saturated heterocycles. The summed E-state index contributed by atoms with van der Waals surface area (Å²) in [6.45, 7) is 4.38. The molecule has 126 valence electrons. The molecular formula is C17H30N2O3. The molecule has 2 atom stereocenters. The maximum atomic E-state index is 12.2. The van der Waals surface area contributed by atoms with Crippen LogP contribution in [0.5, 0.6) is 0 Å². The summed E-state index contributed by atoms with van der Waals surface area (Å²) in [5, 5.41) is 6.27. The van der Waals surface area contributed by atoms with Crippen LogP contribution in [0.15, 0.2) is 0 Å². The van der Waals surface area contributed by atoms with Crippen molar-refractivity contribution < 1.29 is 14.3 Å². The fourth-order valence-electron chi connectivity index (χ4n) is 4.13. The van der Waals surface area contributed by atoms with Crippen molar-refractivity contribution in [2.75, 3.05) is 26.9 Å². The van der Waals surface area contributed by atoms with Gasteiger partial charge in [0.15, 0.2) is 0 Å². The van der Waals surface area contributed by atoms with Gasteiger partial charge in [-0.1, -0.05) is 6.42 Å². The van der Waals surface area contributed by atoms with E-state index in [9.17, 15) is 4.79 Å². The van der Waals surface area contributed by atoms with E-state index >= 15 is 0 Å². The summed E-state index contributed by atoms with van der Waals surface area (Å²) in [6, 6.07) is 0.293. The third-order valence-corrected chi connectivity index (χ3v) is 6.16. The van der Waals surface area contributed by atoms with Crippen LogP contribution < -0.4 is 10.6 Å². The Labute approximate surface area is 133 Å². The first-order valence-electron chi connectivity index (χ1n) is 8.79. The van der Waals surface area contributed by atoms with E-state index in [0.29, 0.717) is 17.6 Å². The van der Waals surface area contributed by atoms with Crippen LogP contribution in [0, 0.1) is 10.8 Å². The molecule has 0 aromatic heterocycles. The Morgan fingerprint density at radius 3 is 2.59 bits per heavy atom. The van der Waals surface area contributed by atoms with Gasteiger partial charge in [-0.15, -0.1) is 0 Å². The van der Waals surface area contributed by atoms with Gasteiger partial charge in [0, 0.05) is 38.3 Å². The average Bonchev–Trinajstić information content (AvgIpc) is 3.20. The molecule has 3 aliphatic rings. The minimum atomic E-state index is -0.00471. The van der Waals surface area contributed by atoms with Crippen LogP contribution in [0.25, 0.3) is 0 Å². The number of urea groups is 1. The van der Waals surface area contributed by atoms with Gasteiger partial charge in [0.05, 0.1) is 6.10 Å². The zero-order chi connectivity index (χ0) is 15.6. The van der Waals surface area contributed by atoms with Crippen molar-refractivity contribution in [3.05, 3.63) is 0 Å². The van der Waals surface area contributed by atoms with Crippen molar-refractivity contribution in [2.45, 2.75) is 64.0 Å². The van der Waals surface area contributed by atoms with Gasteiger partial charge < -0.3 is 20.1 Å². The predicted octanol–water partition coefficient (Wildman–Crippen LogP) is 2.45. The number of carbonyl (C=O) groups excluding carboxylic acids is 1. The lowest BCUT2D eigenvalue weighted by Crippen LogP contribution is -2.68. The first-order valence-corrected chi connectivity index (χ1v) is 8.79. The molecule has 22 heavy (non-hydrogen) atoms. The molecule has 0 radical (unpaired) electrons. The number of rotatable bonds is 8. The van der Waals surface area contributed by atoms with Crippen LogP contribution in [0.4, 0.5) is 4.79 Å². The van der Waals surface area contributed by atoms with E-state index in [-0.39, 0.29) is 11.4 Å². The minimum Gasteiger partial charge on any atom is -0.385 e. The van der Waals surface area contributed by atoms with Gasteiger partial charge in [-0.2, -0.15) is 0 Å². The molecule has 5 nitrogen and oxygen atoms in total. The van der Waals surface area contributed by atoms with Crippen LogP contribution in [0.1, 0.15) is 51.9 Å². The molecule has 3 saturated carbocycles. The average molecular weight is 310 g/mol. The number of ether oxygens (including phenoxy) is 2. The molecule has 2 amide bonds. The van der Waals surface area contributed by atoms with Crippen molar-refractivity contribution in [2.24, 2.45) is 10.8 Å². The Balaban J connectivity index is 1.41. The second-order valence-corrected chi connectivity index (χ2v) is 7.39. The molecule has 3 rings (SSSR count). The standard InChI is InChI=1S/C17H30N2O3/c1-3-22-14-11-13(17(14)5-4-6-17)19-15(20)18-12-16(7-8-16)9-10-21-2/h13-14H,3-12H2,1-2H3,(H2,18,19,20)/t13-,14-/m0/s1. The van der Waals surface area contributed by atoms with E-state index < -0.39 is 0 Å². The normalized spacial score (nSPS) is 30.3. The third kappa shape index (κ3) is 2.98. The summed E-state index contributed by atoms with van der Waals surface area (Å²) in [5.74, 6) is 0. The smallest absolute Gasteiger partial charge is 0.315 e. The zero-order valence-corrected chi connectivity index (χ0v) is 14.0. The van der Waals surface area contributed by atoms with E-state index in [1.54, 1.807) is 7.11 Å². The van der Waals surface area contributed by atoms with Crippen molar-refractivity contribution in [3.8, 4) is 0 Å². The maximum absolute atomic E-state index is 12.2. The fourth-order valence-corrected chi connectivity index (χ4v) is 4.13. The molecule has 3 fully saturated rings. The van der Waals surface area contributed by atoms with Gasteiger partial charge >= 0.3 is 6.03 Å². The number of hydrogen-bond donors (Lipinski definition) is 2. The number of carbonyl (C=O) groups is 1. The summed E-state index contributed by atoms with van der Waals surface area (Å²) in [4.78, 5) is 12.2. The van der Waals surface area contributed by atoms with Crippen molar-refractivity contribution in [3.63, 3.8) is 0 Å². The Morgan fingerprint density at radius 2 is 2.05 bits per heavy atom. The van der Waals surface area contributed by atoms with Crippen molar-refractivity contribution >= 4 is 6.03 Å². The van der Waals surface area contributed by atoms with Crippen LogP contribution in [0.2, 0.25) is 0 Å². The van der Waals surface area contributed by atoms with E-state index in [4.69, 9.17) is 9.47 Å². The molecule has 5 heteroatoms. The van der Waals surface area contributed by atoms with E-state index in [0.717, 1.165) is 32.6 Å². The Kier molecular flexibility index (Phi) is 4.64. The highest BCUT2D eigenvalue weighted by atomic mass is 16.5. The Morgan fingerprint density at radius 1 is 1.27 bits per heavy atom. The molecule has 1 spiro atoms. The first-order chi connectivity index (χ1) is 10.6. The molecule has 0 aromatic rings. The van der Waals surface area contributed by atoms with Crippen LogP contribution in [0.3, 0.4) is 0 Å². The Bertz CT molecular complexity index is 405. The fraction of sp³-hybridized carbons (Fsp3) is 0.941. The molecule has 3 aliphatic carbocycles. The quantitative estimate of drug-likeness (QED) is 0.724. The number of methoxy groups -OCH3 is 1. The lowest BCUT2D eigenvalue weighted by molar-refractivity contribution is -0.169. The van der Waals surface area contributed by atoms with Gasteiger partial charge in [0.25, 0.3) is 0 Å². The highest BCUT2D eigenvalue weighted by molar-refractivity contribution is 5.74. The van der Waals surface area contributed by atoms with E-state index in [2.05, 4.69) is 17.6 Å². The van der Waals surface area contributed by atoms with Crippen molar-refractivity contribution in [1.82, 2.24) is 10.6 Å². The van der Waals surface area contributed by atoms with Gasteiger partial charge in [-0.25, -0.2) is 4.79 Å². The number of amides is 2. The highest BCUT2D eigenvalue weighted by Crippen LogP contribution is 2.57. The lowest BCUT2D eigenvalue weighted by Gasteiger charge is -2.60. The Hall–Kier alpha value is -0.810. The molecule has 0 unspecified atom stereocenters. The van der Waals surface area contributed by atoms with Crippen molar-refractivity contribution in [1.29, 1.82) is 0 Å². The topological polar surface area (TPSA) is 59.6 Å². The van der Waals surface area contributed by atoms with Crippen LogP contribution >= 0.6 is 0 Å². The molecular weight excluding hydrogens is 280 g/mol. The molecule has 0 aliphatic heterocycles. The maximum Gasteiger partial charge on any atom is 0.315 e. The van der Waals surface area contributed by atoms with Gasteiger partial charge in [0.2, 0.25) is 0 Å². The molecule has 2 N–H and O–H groups in total. The first kappa shape index (κ1) is 16.1. The summed E-state index contributed by atoms with van der Waals surface area (Å²) < 4.78 is 11.0. The SMILES string of the molecule is CCO[C@H]1C[C@H](NC(=O)NCC2(CCOC)CC2)C12CCC2. The van der Waals surface area contributed by atoms with Gasteiger partial charge in [0.1, 0.15) is 0 Å². The van der Waals surface area contributed by atoms with Gasteiger partial charge in [-0.05, 0) is 50.9 Å². The summed E-state index contributed by atoms with van der Waals surface area (Å²) in [7, 11) is 1.74. The summed E-state index contributed by atoms with van der Waals surface area (Å²) >= 11 is 0. The van der Waals surface area contributed by atoms with E-state index in [1.165, 1.54) is 32.1 Å². The summed E-state index contributed by atoms with van der Waals surface area (Å²) in [5.41, 5.74) is 0.537. The third-order valence-electron chi connectivity index (χ3n) is 6.16. The van der Waals surface area contributed by atoms with Crippen LogP contribution in [-0.4, -0.2) is 45.0 Å². The van der Waals surface area contributed by atoms with E-state index in [1.807, 2.05) is 0 Å². The van der Waals surface area contributed by atoms with Crippen LogP contribution in [-0.2, 0) is 9.47 Å². The minimum absolute atomic E-state index is 0.00471. The largest absolute Gasteiger partial charge is 0.385 e. The molecule has 0 aromatic carbocycles. The predicted molar refractivity (Wildman–Crippen MR) is 84.8 cm³/mol. The molecule has 0 bridgehead atoms. The summed E-state index contributed by atoms with van der Waals surface area (Å²) in [6.07, 6.45) is 8.43. The zero-order valence-electron chi connectivity index (χ0n) is 14.0. The second kappa shape index (κ2) is 6.36. The molecule has 0 heterocycles. The number of hydrogen-bond acceptors (Lipinski definition) is 3. The number of nitrogens with one attached hydrogen (secondary N) is 2.